The lowest BCUT2D eigenvalue weighted by atomic mass is 10.0. The zero-order chi connectivity index (χ0) is 9.19. The number of hydrogen-bond acceptors (Lipinski definition) is 2. The number of alkyl halides is 3. The maximum Gasteiger partial charge on any atom is 0.522 e. The first-order chi connectivity index (χ1) is 5.47. The quantitative estimate of drug-likeness (QED) is 0.667. The average molecular weight is 183 g/mol. The molecule has 2 nitrogen and oxygen atoms in total. The third-order valence-electron chi connectivity index (χ3n) is 1.88. The predicted molar refractivity (Wildman–Crippen MR) is 37.6 cm³/mol. The molecule has 5 heteroatoms. The average Bonchev–Trinajstić information content (AvgIpc) is 1.82. The molecule has 0 aromatic heterocycles. The van der Waals surface area contributed by atoms with Crippen molar-refractivity contribution in [3.8, 4) is 0 Å². The summed E-state index contributed by atoms with van der Waals surface area (Å²) in [4.78, 5) is 0. The summed E-state index contributed by atoms with van der Waals surface area (Å²) < 4.78 is 39.1. The first kappa shape index (κ1) is 9.80. The van der Waals surface area contributed by atoms with Gasteiger partial charge in [-0.15, -0.1) is 13.2 Å². The molecule has 1 aliphatic heterocycles. The smallest absolute Gasteiger partial charge is 0.314 e. The fraction of sp³-hybridized carbons (Fsp3) is 1.00. The highest BCUT2D eigenvalue weighted by molar-refractivity contribution is 4.75. The fourth-order valence-corrected chi connectivity index (χ4v) is 1.38. The SMILES string of the molecule is C[C@H]1C[C@H](OC(F)(F)F)CCN1. The van der Waals surface area contributed by atoms with Gasteiger partial charge in [0.25, 0.3) is 0 Å². The Labute approximate surface area is 69.1 Å². The summed E-state index contributed by atoms with van der Waals surface area (Å²) >= 11 is 0. The summed E-state index contributed by atoms with van der Waals surface area (Å²) in [5.74, 6) is 0. The summed E-state index contributed by atoms with van der Waals surface area (Å²) in [5, 5.41) is 3.05. The number of hydrogen-bond donors (Lipinski definition) is 1. The number of nitrogens with one attached hydrogen (secondary N) is 1. The van der Waals surface area contributed by atoms with E-state index in [1.54, 1.807) is 0 Å². The van der Waals surface area contributed by atoms with E-state index in [1.807, 2.05) is 6.92 Å². The Morgan fingerprint density at radius 3 is 2.58 bits per heavy atom. The van der Waals surface area contributed by atoms with Gasteiger partial charge in [-0.2, -0.15) is 0 Å². The van der Waals surface area contributed by atoms with Crippen LogP contribution in [0.4, 0.5) is 13.2 Å². The normalized spacial score (nSPS) is 32.0. The topological polar surface area (TPSA) is 21.3 Å². The van der Waals surface area contributed by atoms with Gasteiger partial charge in [-0.1, -0.05) is 0 Å². The Kier molecular flexibility index (Phi) is 2.95. The highest BCUT2D eigenvalue weighted by atomic mass is 19.4. The second-order valence-corrected chi connectivity index (χ2v) is 3.07. The summed E-state index contributed by atoms with van der Waals surface area (Å²) in [6.07, 6.45) is -4.29. The van der Waals surface area contributed by atoms with Gasteiger partial charge >= 0.3 is 6.36 Å². The first-order valence-corrected chi connectivity index (χ1v) is 3.95. The van der Waals surface area contributed by atoms with Crippen LogP contribution in [0.15, 0.2) is 0 Å². The third-order valence-corrected chi connectivity index (χ3v) is 1.88. The number of piperidine rings is 1. The molecule has 0 amide bonds. The van der Waals surface area contributed by atoms with Crippen molar-refractivity contribution in [1.82, 2.24) is 5.32 Å². The van der Waals surface area contributed by atoms with Gasteiger partial charge in [0.15, 0.2) is 0 Å². The van der Waals surface area contributed by atoms with E-state index in [2.05, 4.69) is 10.1 Å². The molecule has 0 unspecified atom stereocenters. The van der Waals surface area contributed by atoms with Crippen molar-refractivity contribution in [2.45, 2.75) is 38.3 Å². The standard InChI is InChI=1S/C7H12F3NO/c1-5-4-6(2-3-11-5)12-7(8,9)10/h5-6,11H,2-4H2,1H3/t5-,6+/m0/s1. The molecule has 72 valence electrons. The zero-order valence-electron chi connectivity index (χ0n) is 6.82. The fourth-order valence-electron chi connectivity index (χ4n) is 1.38. The van der Waals surface area contributed by atoms with Crippen LogP contribution in [0.25, 0.3) is 0 Å². The summed E-state index contributed by atoms with van der Waals surface area (Å²) in [6.45, 7) is 2.45. The van der Waals surface area contributed by atoms with Crippen LogP contribution in [0.5, 0.6) is 0 Å². The Hall–Kier alpha value is -0.290. The first-order valence-electron chi connectivity index (χ1n) is 3.95. The van der Waals surface area contributed by atoms with Crippen molar-refractivity contribution in [2.24, 2.45) is 0 Å². The van der Waals surface area contributed by atoms with Crippen molar-refractivity contribution in [2.75, 3.05) is 6.54 Å². The van der Waals surface area contributed by atoms with Crippen LogP contribution in [0.3, 0.4) is 0 Å². The van der Waals surface area contributed by atoms with Crippen LogP contribution in [-0.4, -0.2) is 25.1 Å². The van der Waals surface area contributed by atoms with E-state index in [0.29, 0.717) is 19.4 Å². The van der Waals surface area contributed by atoms with Crippen molar-refractivity contribution >= 4 is 0 Å². The van der Waals surface area contributed by atoms with E-state index in [0.717, 1.165) is 0 Å². The van der Waals surface area contributed by atoms with Gasteiger partial charge in [0.05, 0.1) is 6.10 Å². The van der Waals surface area contributed by atoms with E-state index in [-0.39, 0.29) is 6.04 Å². The number of rotatable bonds is 1. The van der Waals surface area contributed by atoms with Crippen molar-refractivity contribution in [1.29, 1.82) is 0 Å². The van der Waals surface area contributed by atoms with Gasteiger partial charge in [-0.3, -0.25) is 4.74 Å². The summed E-state index contributed by atoms with van der Waals surface area (Å²) in [5.41, 5.74) is 0. The summed E-state index contributed by atoms with van der Waals surface area (Å²) in [6, 6.07) is 0.117. The minimum absolute atomic E-state index is 0.117. The van der Waals surface area contributed by atoms with Crippen molar-refractivity contribution < 1.29 is 17.9 Å². The number of ether oxygens (including phenoxy) is 1. The molecule has 1 rings (SSSR count). The molecule has 1 saturated heterocycles. The van der Waals surface area contributed by atoms with E-state index in [1.165, 1.54) is 0 Å². The lowest BCUT2D eigenvalue weighted by Gasteiger charge is -2.28. The molecule has 12 heavy (non-hydrogen) atoms. The molecule has 1 N–H and O–H groups in total. The molecule has 1 aliphatic rings. The largest absolute Gasteiger partial charge is 0.522 e. The maximum atomic E-state index is 11.7. The van der Waals surface area contributed by atoms with Crippen molar-refractivity contribution in [3.63, 3.8) is 0 Å². The molecule has 0 spiro atoms. The molecule has 0 bridgehead atoms. The third kappa shape index (κ3) is 3.40. The van der Waals surface area contributed by atoms with E-state index in [9.17, 15) is 13.2 Å². The Balaban J connectivity index is 2.32. The Morgan fingerprint density at radius 2 is 2.08 bits per heavy atom. The molecular formula is C7H12F3NO. The van der Waals surface area contributed by atoms with Gasteiger partial charge in [0.2, 0.25) is 0 Å². The highest BCUT2D eigenvalue weighted by Crippen LogP contribution is 2.23. The second kappa shape index (κ2) is 3.62. The molecule has 2 atom stereocenters. The Morgan fingerprint density at radius 1 is 1.42 bits per heavy atom. The minimum Gasteiger partial charge on any atom is -0.314 e. The van der Waals surface area contributed by atoms with E-state index in [4.69, 9.17) is 0 Å². The van der Waals surface area contributed by atoms with Gasteiger partial charge in [-0.05, 0) is 26.3 Å². The monoisotopic (exact) mass is 183 g/mol. The molecule has 1 fully saturated rings. The Bertz CT molecular complexity index is 148. The highest BCUT2D eigenvalue weighted by Gasteiger charge is 2.34. The van der Waals surface area contributed by atoms with Crippen LogP contribution < -0.4 is 5.32 Å². The predicted octanol–water partition coefficient (Wildman–Crippen LogP) is 1.66. The zero-order valence-corrected chi connectivity index (χ0v) is 6.82. The van der Waals surface area contributed by atoms with Gasteiger partial charge in [-0.25, -0.2) is 0 Å². The van der Waals surface area contributed by atoms with Gasteiger partial charge in [0.1, 0.15) is 0 Å². The van der Waals surface area contributed by atoms with Crippen LogP contribution >= 0.6 is 0 Å². The maximum absolute atomic E-state index is 11.7. The van der Waals surface area contributed by atoms with Crippen LogP contribution in [0.2, 0.25) is 0 Å². The molecule has 0 aromatic rings. The lowest BCUT2D eigenvalue weighted by Crippen LogP contribution is -2.41. The minimum atomic E-state index is -4.48. The van der Waals surface area contributed by atoms with Crippen molar-refractivity contribution in [3.05, 3.63) is 0 Å². The summed E-state index contributed by atoms with van der Waals surface area (Å²) in [7, 11) is 0. The van der Waals surface area contributed by atoms with Gasteiger partial charge in [0, 0.05) is 6.04 Å². The molecule has 1 heterocycles. The second-order valence-electron chi connectivity index (χ2n) is 3.07. The molecule has 0 saturated carbocycles. The van der Waals surface area contributed by atoms with Crippen LogP contribution in [0.1, 0.15) is 19.8 Å². The molecule has 0 aromatic carbocycles. The van der Waals surface area contributed by atoms with E-state index < -0.39 is 12.5 Å². The van der Waals surface area contributed by atoms with Crippen LogP contribution in [0, 0.1) is 0 Å². The lowest BCUT2D eigenvalue weighted by molar-refractivity contribution is -0.345. The molecular weight excluding hydrogens is 171 g/mol. The molecule has 0 aliphatic carbocycles. The van der Waals surface area contributed by atoms with Gasteiger partial charge < -0.3 is 5.32 Å². The molecule has 0 radical (unpaired) electrons. The van der Waals surface area contributed by atoms with E-state index >= 15 is 0 Å². The van der Waals surface area contributed by atoms with Crippen LogP contribution in [-0.2, 0) is 4.74 Å². The number of halogens is 3.